The van der Waals surface area contributed by atoms with E-state index in [1.54, 1.807) is 24.3 Å². The number of aromatic amines is 1. The third-order valence-corrected chi connectivity index (χ3v) is 8.99. The Kier molecular flexibility index (Phi) is 6.75. The standard InChI is InChI=1S/C33H27N5O10/c39-11-14-3-1-2-13(35-14)10-34-38-31(46)24-22-17-6-4-15(41)8-19(17)36-26(22)27-23(25(24)32(38)47)18-7-5-16(42)9-20(18)37(27)33-30(45)29(44)28(43)21(12-40)48-33/h1-10,21,28-30,33,36,39-45H,11-12H2/b34-10+/t21-,28-,29+,30-,33-/m1/s1. The Bertz CT molecular complexity index is 2360. The number of phenolic OH excluding ortho intramolecular Hbond substituents is 2. The van der Waals surface area contributed by atoms with Crippen molar-refractivity contribution in [1.82, 2.24) is 19.5 Å². The molecule has 1 fully saturated rings. The summed E-state index contributed by atoms with van der Waals surface area (Å²) in [6.45, 7) is -1.02. The fraction of sp³-hybridized carbons (Fsp3) is 0.212. The van der Waals surface area contributed by atoms with Crippen molar-refractivity contribution in [3.8, 4) is 11.5 Å². The van der Waals surface area contributed by atoms with Crippen molar-refractivity contribution >= 4 is 61.6 Å². The number of nitrogens with zero attached hydrogens (tertiary/aromatic N) is 4. The summed E-state index contributed by atoms with van der Waals surface area (Å²) in [7, 11) is 0. The third kappa shape index (κ3) is 4.16. The number of imide groups is 1. The van der Waals surface area contributed by atoms with Gasteiger partial charge in [-0.25, -0.2) is 4.98 Å². The summed E-state index contributed by atoms with van der Waals surface area (Å²) in [5.41, 5.74) is 1.77. The lowest BCUT2D eigenvalue weighted by atomic mass is 9.96. The molecule has 2 amide bonds. The number of aromatic nitrogens is 3. The number of carbonyl (C=O) groups excluding carboxylic acids is 2. The van der Waals surface area contributed by atoms with Gasteiger partial charge in [0.15, 0.2) is 6.23 Å². The van der Waals surface area contributed by atoms with E-state index in [9.17, 15) is 45.3 Å². The molecule has 48 heavy (non-hydrogen) atoms. The van der Waals surface area contributed by atoms with Crippen LogP contribution in [0.1, 0.15) is 38.3 Å². The molecule has 244 valence electrons. The van der Waals surface area contributed by atoms with Crippen molar-refractivity contribution in [1.29, 1.82) is 0 Å². The van der Waals surface area contributed by atoms with E-state index >= 15 is 0 Å². The molecule has 5 atom stereocenters. The average Bonchev–Trinajstić information content (AvgIpc) is 3.69. The first kappa shape index (κ1) is 29.9. The number of amides is 2. The van der Waals surface area contributed by atoms with Crippen LogP contribution in [0, 0.1) is 0 Å². The quantitative estimate of drug-likeness (QED) is 0.0976. The fourth-order valence-electron chi connectivity index (χ4n) is 6.84. The molecule has 8 N–H and O–H groups in total. The second-order valence-electron chi connectivity index (χ2n) is 11.7. The van der Waals surface area contributed by atoms with Gasteiger partial charge in [0, 0.05) is 33.7 Å². The minimum absolute atomic E-state index is 0.00888. The van der Waals surface area contributed by atoms with E-state index in [1.165, 1.54) is 41.1 Å². The molecular formula is C33H27N5O10. The fourth-order valence-corrected chi connectivity index (χ4v) is 6.84. The lowest BCUT2D eigenvalue weighted by molar-refractivity contribution is -0.249. The molecular weight excluding hydrogens is 626 g/mol. The largest absolute Gasteiger partial charge is 0.508 e. The molecule has 0 radical (unpaired) electrons. The lowest BCUT2D eigenvalue weighted by Gasteiger charge is -2.41. The van der Waals surface area contributed by atoms with Crippen LogP contribution < -0.4 is 0 Å². The summed E-state index contributed by atoms with van der Waals surface area (Å²) in [6, 6.07) is 13.6. The number of hydrogen-bond donors (Lipinski definition) is 8. The van der Waals surface area contributed by atoms with Gasteiger partial charge in [0.2, 0.25) is 0 Å². The van der Waals surface area contributed by atoms with Gasteiger partial charge in [-0.3, -0.25) is 9.59 Å². The first-order valence-electron chi connectivity index (χ1n) is 14.9. The molecule has 2 aliphatic heterocycles. The van der Waals surface area contributed by atoms with Crippen LogP contribution in [0.3, 0.4) is 0 Å². The van der Waals surface area contributed by atoms with Crippen molar-refractivity contribution in [2.75, 3.05) is 6.61 Å². The summed E-state index contributed by atoms with van der Waals surface area (Å²) in [6.07, 6.45) is -6.68. The number of H-pyrrole nitrogens is 1. The molecule has 0 aliphatic carbocycles. The number of aliphatic hydroxyl groups excluding tert-OH is 5. The number of fused-ring (bicyclic) bond motifs is 10. The van der Waals surface area contributed by atoms with Crippen molar-refractivity contribution in [2.45, 2.75) is 37.3 Å². The maximum absolute atomic E-state index is 14.3. The van der Waals surface area contributed by atoms with Gasteiger partial charge in [-0.05, 0) is 36.4 Å². The number of benzene rings is 3. The molecule has 0 saturated carbocycles. The second-order valence-corrected chi connectivity index (χ2v) is 11.7. The van der Waals surface area contributed by atoms with Crippen LogP contribution in [0.4, 0.5) is 0 Å². The molecule has 0 unspecified atom stereocenters. The predicted molar refractivity (Wildman–Crippen MR) is 169 cm³/mol. The number of nitrogens with one attached hydrogen (secondary N) is 1. The molecule has 2 aliphatic rings. The maximum Gasteiger partial charge on any atom is 0.283 e. The van der Waals surface area contributed by atoms with Crippen LogP contribution in [0.25, 0.3) is 43.6 Å². The number of phenols is 2. The zero-order valence-electron chi connectivity index (χ0n) is 24.7. The van der Waals surface area contributed by atoms with E-state index in [-0.39, 0.29) is 51.3 Å². The van der Waals surface area contributed by atoms with Gasteiger partial charge < -0.3 is 50.0 Å². The predicted octanol–water partition coefficient (Wildman–Crippen LogP) is 1.33. The highest BCUT2D eigenvalue weighted by Gasteiger charge is 2.47. The van der Waals surface area contributed by atoms with Gasteiger partial charge in [0.1, 0.15) is 35.9 Å². The summed E-state index contributed by atoms with van der Waals surface area (Å²) in [5.74, 6) is -1.80. The number of ether oxygens (including phenoxy) is 1. The Balaban J connectivity index is 1.47. The molecule has 0 spiro atoms. The molecule has 15 heteroatoms. The van der Waals surface area contributed by atoms with Crippen molar-refractivity contribution in [2.24, 2.45) is 5.10 Å². The molecule has 3 aromatic heterocycles. The number of rotatable bonds is 5. The van der Waals surface area contributed by atoms with Gasteiger partial charge in [-0.2, -0.15) is 10.1 Å². The van der Waals surface area contributed by atoms with Crippen molar-refractivity contribution in [3.63, 3.8) is 0 Å². The van der Waals surface area contributed by atoms with Gasteiger partial charge in [-0.15, -0.1) is 0 Å². The molecule has 5 heterocycles. The van der Waals surface area contributed by atoms with E-state index in [2.05, 4.69) is 15.1 Å². The number of carbonyl (C=O) groups is 2. The second kappa shape index (κ2) is 10.8. The van der Waals surface area contributed by atoms with E-state index in [4.69, 9.17) is 4.74 Å². The van der Waals surface area contributed by atoms with Crippen LogP contribution >= 0.6 is 0 Å². The number of pyridine rings is 1. The van der Waals surface area contributed by atoms with E-state index in [0.717, 1.165) is 0 Å². The molecule has 8 rings (SSSR count). The smallest absolute Gasteiger partial charge is 0.283 e. The molecule has 15 nitrogen and oxygen atoms in total. The number of hydrogen-bond acceptors (Lipinski definition) is 12. The van der Waals surface area contributed by atoms with Crippen LogP contribution in [0.2, 0.25) is 0 Å². The van der Waals surface area contributed by atoms with Gasteiger partial charge in [0.05, 0.1) is 64.0 Å². The summed E-state index contributed by atoms with van der Waals surface area (Å²) < 4.78 is 7.42. The topological polar surface area (TPSA) is 234 Å². The molecule has 1 saturated heterocycles. The highest BCUT2D eigenvalue weighted by Crippen LogP contribution is 2.48. The molecule has 0 bridgehead atoms. The normalized spacial score (nSPS) is 23.1. The number of hydrazone groups is 1. The zero-order valence-corrected chi connectivity index (χ0v) is 24.7. The van der Waals surface area contributed by atoms with Crippen LogP contribution in [0.5, 0.6) is 11.5 Å². The highest BCUT2D eigenvalue weighted by atomic mass is 16.6. The van der Waals surface area contributed by atoms with Crippen LogP contribution in [0.15, 0.2) is 59.7 Å². The molecule has 6 aromatic rings. The maximum atomic E-state index is 14.3. The first-order valence-corrected chi connectivity index (χ1v) is 14.9. The zero-order chi connectivity index (χ0) is 33.6. The van der Waals surface area contributed by atoms with E-state index in [0.29, 0.717) is 37.9 Å². The van der Waals surface area contributed by atoms with Crippen molar-refractivity contribution in [3.05, 3.63) is 77.1 Å². The van der Waals surface area contributed by atoms with Crippen molar-refractivity contribution < 1.29 is 50.1 Å². The number of aromatic hydroxyl groups is 2. The molecule has 3 aromatic carbocycles. The highest BCUT2D eigenvalue weighted by molar-refractivity contribution is 6.39. The monoisotopic (exact) mass is 653 g/mol. The van der Waals surface area contributed by atoms with E-state index < -0.39 is 49.1 Å². The number of aliphatic hydroxyl groups is 5. The van der Waals surface area contributed by atoms with Crippen LogP contribution in [-0.2, 0) is 11.3 Å². The first-order chi connectivity index (χ1) is 23.1. The Morgan fingerprint density at radius 1 is 0.875 bits per heavy atom. The Hall–Kier alpha value is -5.42. The summed E-state index contributed by atoms with van der Waals surface area (Å²) in [4.78, 5) is 36.0. The summed E-state index contributed by atoms with van der Waals surface area (Å²) in [5, 5.41) is 79.1. The summed E-state index contributed by atoms with van der Waals surface area (Å²) >= 11 is 0. The minimum atomic E-state index is -1.75. The van der Waals surface area contributed by atoms with Gasteiger partial charge >= 0.3 is 0 Å². The minimum Gasteiger partial charge on any atom is -0.508 e. The Morgan fingerprint density at radius 2 is 1.58 bits per heavy atom. The van der Waals surface area contributed by atoms with E-state index in [1.807, 2.05) is 0 Å². The Morgan fingerprint density at radius 3 is 2.31 bits per heavy atom. The lowest BCUT2D eigenvalue weighted by Crippen LogP contribution is -2.56. The van der Waals surface area contributed by atoms with Gasteiger partial charge in [0.25, 0.3) is 11.8 Å². The average molecular weight is 654 g/mol. The third-order valence-electron chi connectivity index (χ3n) is 8.99. The Labute approximate surface area is 268 Å². The SMILES string of the molecule is O=C1c2c(c3c4ccc(O)cc4n([C@@H]4O[C@H](CO)[C@@H](O)[C@H](O)[C@H]4O)c3c3[nH]c4cc(O)ccc4c23)C(=O)N1/N=C/c1cccc(CO)n1. The van der Waals surface area contributed by atoms with Crippen LogP contribution in [-0.4, -0.2) is 104 Å². The van der Waals surface area contributed by atoms with Gasteiger partial charge in [-0.1, -0.05) is 6.07 Å².